The van der Waals surface area contributed by atoms with Crippen LogP contribution in [0.1, 0.15) is 26.2 Å². The van der Waals surface area contributed by atoms with E-state index in [0.29, 0.717) is 0 Å². The molecule has 0 bridgehead atoms. The van der Waals surface area contributed by atoms with Gasteiger partial charge in [-0.25, -0.2) is 8.78 Å². The molecule has 2 N–H and O–H groups in total. The minimum absolute atomic E-state index is 0.168. The molecule has 0 radical (unpaired) electrons. The Kier molecular flexibility index (Phi) is 8.35. The average molecular weight is 430 g/mol. The lowest BCUT2D eigenvalue weighted by Gasteiger charge is -2.32. The van der Waals surface area contributed by atoms with E-state index in [-0.39, 0.29) is 6.92 Å². The van der Waals surface area contributed by atoms with Crippen molar-refractivity contribution in [3.63, 3.8) is 0 Å². The summed E-state index contributed by atoms with van der Waals surface area (Å²) in [5.41, 5.74) is -9.42. The molecule has 3 atom stereocenters. The van der Waals surface area contributed by atoms with E-state index in [1.165, 1.54) is 0 Å². The largest absolute Gasteiger partial charge is 0.431 e. The van der Waals surface area contributed by atoms with Gasteiger partial charge in [-0.15, -0.1) is 0 Å². The maximum Gasteiger partial charge on any atom is 0.431 e. The number of alkyl halides is 11. The van der Waals surface area contributed by atoms with Crippen LogP contribution < -0.4 is 0 Å². The van der Waals surface area contributed by atoms with E-state index in [0.717, 1.165) is 0 Å². The molecule has 0 aliphatic carbocycles. The third-order valence-corrected chi connectivity index (χ3v) is 3.67. The summed E-state index contributed by atoms with van der Waals surface area (Å²) in [6, 6.07) is 0. The molecule has 0 saturated heterocycles. The minimum atomic E-state index is -6.39. The molecule has 0 aliphatic heterocycles. The Morgan fingerprint density at radius 1 is 0.815 bits per heavy atom. The van der Waals surface area contributed by atoms with Crippen LogP contribution in [-0.4, -0.2) is 65.5 Å². The summed E-state index contributed by atoms with van der Waals surface area (Å²) in [6.45, 7) is -2.49. The molecule has 0 spiro atoms. The average Bonchev–Trinajstić information content (AvgIpc) is 2.45. The third-order valence-electron chi connectivity index (χ3n) is 3.67. The Morgan fingerprint density at radius 2 is 1.26 bits per heavy atom. The standard InChI is InChI=1S/C13H17F11O3/c1-9(14,11(16,17)18)3-2-7(26)6-27-8(5-25)4-10(15,12(19,20)21)13(22,23)24/h7-8,25-26H,2-6H2,1H3. The quantitative estimate of drug-likeness (QED) is 0.544. The van der Waals surface area contributed by atoms with Crippen LogP contribution in [0.3, 0.4) is 0 Å². The van der Waals surface area contributed by atoms with E-state index >= 15 is 0 Å². The first kappa shape index (κ1) is 26.1. The molecule has 0 rings (SSSR count). The van der Waals surface area contributed by atoms with Crippen LogP contribution in [0, 0.1) is 0 Å². The highest BCUT2D eigenvalue weighted by molar-refractivity contribution is 4.96. The molecular formula is C13H17F11O3. The topological polar surface area (TPSA) is 49.7 Å². The van der Waals surface area contributed by atoms with Crippen LogP contribution in [0.25, 0.3) is 0 Å². The molecule has 3 unspecified atom stereocenters. The van der Waals surface area contributed by atoms with Crippen LogP contribution >= 0.6 is 0 Å². The zero-order valence-electron chi connectivity index (χ0n) is 13.7. The minimum Gasteiger partial charge on any atom is -0.394 e. The lowest BCUT2D eigenvalue weighted by Crippen LogP contribution is -2.55. The Morgan fingerprint density at radius 3 is 1.59 bits per heavy atom. The molecule has 0 fully saturated rings. The molecule has 0 aromatic heterocycles. The molecular weight excluding hydrogens is 413 g/mol. The van der Waals surface area contributed by atoms with Crippen molar-refractivity contribution < 1.29 is 63.2 Å². The predicted molar refractivity (Wildman–Crippen MR) is 68.2 cm³/mol. The van der Waals surface area contributed by atoms with Gasteiger partial charge in [-0.1, -0.05) is 0 Å². The van der Waals surface area contributed by atoms with Gasteiger partial charge in [0.25, 0.3) is 0 Å². The molecule has 0 aromatic carbocycles. The zero-order valence-corrected chi connectivity index (χ0v) is 13.7. The number of halogens is 11. The van der Waals surface area contributed by atoms with E-state index in [1.807, 2.05) is 0 Å². The molecule has 0 aliphatic rings. The number of aliphatic hydroxyl groups is 2. The van der Waals surface area contributed by atoms with Gasteiger partial charge in [0.2, 0.25) is 5.67 Å². The van der Waals surface area contributed by atoms with Crippen LogP contribution in [0.2, 0.25) is 0 Å². The van der Waals surface area contributed by atoms with Crippen molar-refractivity contribution >= 4 is 0 Å². The summed E-state index contributed by atoms with van der Waals surface area (Å²) in [4.78, 5) is 0. The van der Waals surface area contributed by atoms with E-state index in [1.54, 1.807) is 0 Å². The Balaban J connectivity index is 4.87. The van der Waals surface area contributed by atoms with E-state index < -0.39 is 74.6 Å². The van der Waals surface area contributed by atoms with Gasteiger partial charge >= 0.3 is 24.2 Å². The fourth-order valence-corrected chi connectivity index (χ4v) is 1.79. The summed E-state index contributed by atoms with van der Waals surface area (Å²) in [6.07, 6.45) is -26.9. The zero-order chi connectivity index (χ0) is 21.9. The Labute approximate surface area is 146 Å². The van der Waals surface area contributed by atoms with Crippen molar-refractivity contribution in [2.45, 2.75) is 68.3 Å². The molecule has 0 heterocycles. The molecule has 27 heavy (non-hydrogen) atoms. The lowest BCUT2D eigenvalue weighted by atomic mass is 9.96. The molecule has 3 nitrogen and oxygen atoms in total. The summed E-state index contributed by atoms with van der Waals surface area (Å²) in [5.74, 6) is 0. The maximum absolute atomic E-state index is 13.5. The van der Waals surface area contributed by atoms with Crippen molar-refractivity contribution in [1.29, 1.82) is 0 Å². The molecule has 0 aromatic rings. The smallest absolute Gasteiger partial charge is 0.394 e. The van der Waals surface area contributed by atoms with Gasteiger partial charge in [0.15, 0.2) is 0 Å². The van der Waals surface area contributed by atoms with Gasteiger partial charge in [0.05, 0.1) is 25.4 Å². The van der Waals surface area contributed by atoms with Gasteiger partial charge in [0, 0.05) is 6.42 Å². The van der Waals surface area contributed by atoms with E-state index in [9.17, 15) is 53.4 Å². The van der Waals surface area contributed by atoms with Gasteiger partial charge in [0.1, 0.15) is 0 Å². The van der Waals surface area contributed by atoms with Crippen LogP contribution in [0.5, 0.6) is 0 Å². The summed E-state index contributed by atoms with van der Waals surface area (Å²) in [5, 5.41) is 18.1. The molecule has 0 saturated carbocycles. The number of hydrogen-bond donors (Lipinski definition) is 2. The molecule has 0 amide bonds. The highest BCUT2D eigenvalue weighted by Gasteiger charge is 2.72. The summed E-state index contributed by atoms with van der Waals surface area (Å²) in [7, 11) is 0. The number of rotatable bonds is 9. The highest BCUT2D eigenvalue weighted by atomic mass is 19.4. The van der Waals surface area contributed by atoms with Crippen molar-refractivity contribution in [2.75, 3.05) is 13.2 Å². The predicted octanol–water partition coefficient (Wildman–Crippen LogP) is 4.02. The molecule has 14 heteroatoms. The first-order valence-corrected chi connectivity index (χ1v) is 7.27. The van der Waals surface area contributed by atoms with Crippen molar-refractivity contribution in [3.8, 4) is 0 Å². The van der Waals surface area contributed by atoms with Crippen molar-refractivity contribution in [2.24, 2.45) is 0 Å². The van der Waals surface area contributed by atoms with E-state index in [4.69, 9.17) is 5.11 Å². The number of aliphatic hydroxyl groups excluding tert-OH is 2. The van der Waals surface area contributed by atoms with Gasteiger partial charge in [-0.2, -0.15) is 39.5 Å². The maximum atomic E-state index is 13.5. The first-order chi connectivity index (χ1) is 11.8. The molecule has 164 valence electrons. The number of ether oxygens (including phenoxy) is 1. The SMILES string of the molecule is CC(F)(CCC(O)COC(CO)CC(F)(C(F)(F)F)C(F)(F)F)C(F)(F)F. The summed E-state index contributed by atoms with van der Waals surface area (Å²) >= 11 is 0. The second-order valence-corrected chi connectivity index (χ2v) is 6.03. The fraction of sp³-hybridized carbons (Fsp3) is 1.00. The number of hydrogen-bond acceptors (Lipinski definition) is 3. The fourth-order valence-electron chi connectivity index (χ4n) is 1.79. The van der Waals surface area contributed by atoms with Crippen LogP contribution in [-0.2, 0) is 4.74 Å². The lowest BCUT2D eigenvalue weighted by molar-refractivity contribution is -0.348. The van der Waals surface area contributed by atoms with Gasteiger partial charge in [-0.3, -0.25) is 0 Å². The first-order valence-electron chi connectivity index (χ1n) is 7.27. The second-order valence-electron chi connectivity index (χ2n) is 6.03. The van der Waals surface area contributed by atoms with Crippen molar-refractivity contribution in [3.05, 3.63) is 0 Å². The van der Waals surface area contributed by atoms with Gasteiger partial charge < -0.3 is 14.9 Å². The van der Waals surface area contributed by atoms with Gasteiger partial charge in [-0.05, 0) is 19.8 Å². The van der Waals surface area contributed by atoms with Crippen molar-refractivity contribution in [1.82, 2.24) is 0 Å². The summed E-state index contributed by atoms with van der Waals surface area (Å²) < 4.78 is 143. The van der Waals surface area contributed by atoms with E-state index in [2.05, 4.69) is 4.74 Å². The van der Waals surface area contributed by atoms with Crippen LogP contribution in [0.15, 0.2) is 0 Å². The Hall–Kier alpha value is -0.890. The normalized spacial score (nSPS) is 18.9. The third kappa shape index (κ3) is 6.89. The second kappa shape index (κ2) is 8.64. The van der Waals surface area contributed by atoms with Crippen LogP contribution in [0.4, 0.5) is 48.3 Å². The highest BCUT2D eigenvalue weighted by Crippen LogP contribution is 2.49. The monoisotopic (exact) mass is 430 g/mol. The Bertz CT molecular complexity index is 442.